The Morgan fingerprint density at radius 2 is 1.92 bits per heavy atom. The molecule has 0 saturated heterocycles. The van der Waals surface area contributed by atoms with Gasteiger partial charge in [0.2, 0.25) is 11.5 Å². The third kappa shape index (κ3) is 2.82. The number of hydrogen-bond acceptors (Lipinski definition) is 7. The third-order valence-electron chi connectivity index (χ3n) is 2.97. The average molecular weight is 329 g/mol. The van der Waals surface area contributed by atoms with Crippen LogP contribution in [0.1, 0.15) is 0 Å². The van der Waals surface area contributed by atoms with Gasteiger partial charge in [-0.3, -0.25) is 0 Å². The van der Waals surface area contributed by atoms with Crippen LogP contribution in [0, 0.1) is 0 Å². The average Bonchev–Trinajstić information content (AvgIpc) is 3.02. The summed E-state index contributed by atoms with van der Waals surface area (Å²) in [6, 6.07) is 9.53. The molecule has 24 heavy (non-hydrogen) atoms. The van der Waals surface area contributed by atoms with Crippen molar-refractivity contribution in [3.8, 4) is 11.6 Å². The Kier molecular flexibility index (Phi) is 3.98. The van der Waals surface area contributed by atoms with Gasteiger partial charge < -0.3 is 19.0 Å². The lowest BCUT2D eigenvalue weighted by molar-refractivity contribution is 0.186. The lowest BCUT2D eigenvalue weighted by atomic mass is 10.3. The number of imide groups is 1. The van der Waals surface area contributed by atoms with Gasteiger partial charge in [0, 0.05) is 6.07 Å². The molecule has 0 unspecified atom stereocenters. The van der Waals surface area contributed by atoms with Crippen LogP contribution >= 0.6 is 0 Å². The standard InChI is InChI=1S/C15H11N3O6/c1-22-13-11(16-10-7-8-23-12(10)17-13)18(14(19)20)15(21)24-9-5-3-2-4-6-9/h2-8H,1H3,(H,19,20). The first-order chi connectivity index (χ1) is 11.6. The first kappa shape index (κ1) is 15.3. The van der Waals surface area contributed by atoms with E-state index in [1.807, 2.05) is 0 Å². The minimum absolute atomic E-state index is 0.150. The number of ether oxygens (including phenoxy) is 2. The molecule has 9 nitrogen and oxygen atoms in total. The lowest BCUT2D eigenvalue weighted by Gasteiger charge is -2.17. The van der Waals surface area contributed by atoms with Crippen LogP contribution in [0.15, 0.2) is 47.1 Å². The van der Waals surface area contributed by atoms with E-state index in [2.05, 4.69) is 9.97 Å². The summed E-state index contributed by atoms with van der Waals surface area (Å²) < 4.78 is 15.1. The fourth-order valence-electron chi connectivity index (χ4n) is 1.94. The molecule has 0 aliphatic carbocycles. The fourth-order valence-corrected chi connectivity index (χ4v) is 1.94. The van der Waals surface area contributed by atoms with Crippen LogP contribution in [0.4, 0.5) is 15.4 Å². The Balaban J connectivity index is 2.01. The van der Waals surface area contributed by atoms with Gasteiger partial charge in [0.25, 0.3) is 5.88 Å². The van der Waals surface area contributed by atoms with E-state index in [9.17, 15) is 14.7 Å². The zero-order valence-electron chi connectivity index (χ0n) is 12.4. The third-order valence-corrected chi connectivity index (χ3v) is 2.97. The van der Waals surface area contributed by atoms with Crippen LogP contribution in [0.3, 0.4) is 0 Å². The monoisotopic (exact) mass is 329 g/mol. The number of benzene rings is 1. The van der Waals surface area contributed by atoms with Crippen molar-refractivity contribution in [1.82, 2.24) is 9.97 Å². The van der Waals surface area contributed by atoms with Gasteiger partial charge in [-0.05, 0) is 12.1 Å². The number of amides is 2. The number of fused-ring (bicyclic) bond motifs is 1. The number of nitrogens with zero attached hydrogens (tertiary/aromatic N) is 3. The molecule has 0 fully saturated rings. The molecule has 3 aromatic rings. The number of carboxylic acid groups (broad SMARTS) is 1. The summed E-state index contributed by atoms with van der Waals surface area (Å²) >= 11 is 0. The topological polar surface area (TPSA) is 115 Å². The summed E-state index contributed by atoms with van der Waals surface area (Å²) in [5.74, 6) is -0.324. The van der Waals surface area contributed by atoms with Crippen molar-refractivity contribution < 1.29 is 28.6 Å². The van der Waals surface area contributed by atoms with E-state index in [-0.39, 0.29) is 28.7 Å². The highest BCUT2D eigenvalue weighted by molar-refractivity contribution is 6.09. The molecule has 1 N–H and O–H groups in total. The maximum Gasteiger partial charge on any atom is 0.430 e. The van der Waals surface area contributed by atoms with Crippen LogP contribution in [0.2, 0.25) is 0 Å². The number of carbonyl (C=O) groups excluding carboxylic acids is 1. The Hall–Kier alpha value is -3.62. The molecule has 2 aromatic heterocycles. The van der Waals surface area contributed by atoms with E-state index in [4.69, 9.17) is 13.9 Å². The first-order valence-corrected chi connectivity index (χ1v) is 6.69. The Labute approximate surface area is 135 Å². The minimum atomic E-state index is -1.59. The largest absolute Gasteiger partial charge is 0.478 e. The van der Waals surface area contributed by atoms with Crippen molar-refractivity contribution in [2.45, 2.75) is 0 Å². The molecule has 2 heterocycles. The van der Waals surface area contributed by atoms with Gasteiger partial charge in [0.15, 0.2) is 0 Å². The SMILES string of the molecule is COc1nc2occc2nc1N(C(=O)O)C(=O)Oc1ccccc1. The van der Waals surface area contributed by atoms with Crippen molar-refractivity contribution in [3.05, 3.63) is 42.7 Å². The van der Waals surface area contributed by atoms with E-state index in [1.54, 1.807) is 18.2 Å². The molecule has 9 heteroatoms. The predicted octanol–water partition coefficient (Wildman–Crippen LogP) is 2.91. The second kappa shape index (κ2) is 6.24. The summed E-state index contributed by atoms with van der Waals surface area (Å²) in [6.07, 6.45) is -1.42. The quantitative estimate of drug-likeness (QED) is 0.780. The maximum absolute atomic E-state index is 12.3. The zero-order valence-corrected chi connectivity index (χ0v) is 12.4. The predicted molar refractivity (Wildman–Crippen MR) is 81.3 cm³/mol. The number of carbonyl (C=O) groups is 2. The molecule has 0 spiro atoms. The molecule has 0 saturated carbocycles. The van der Waals surface area contributed by atoms with Crippen LogP contribution in [-0.4, -0.2) is 34.4 Å². The molecule has 0 atom stereocenters. The second-order valence-electron chi connectivity index (χ2n) is 4.47. The number of para-hydroxylation sites is 1. The van der Waals surface area contributed by atoms with Crippen molar-refractivity contribution in [2.75, 3.05) is 12.0 Å². The zero-order chi connectivity index (χ0) is 17.1. The highest BCUT2D eigenvalue weighted by Crippen LogP contribution is 2.28. The van der Waals surface area contributed by atoms with Crippen LogP contribution < -0.4 is 14.4 Å². The number of anilines is 1. The fraction of sp³-hybridized carbons (Fsp3) is 0.0667. The second-order valence-corrected chi connectivity index (χ2v) is 4.47. The van der Waals surface area contributed by atoms with Gasteiger partial charge >= 0.3 is 12.2 Å². The van der Waals surface area contributed by atoms with Crippen LogP contribution in [0.25, 0.3) is 11.2 Å². The Morgan fingerprint density at radius 1 is 1.17 bits per heavy atom. The molecule has 0 radical (unpaired) electrons. The Morgan fingerprint density at radius 3 is 2.58 bits per heavy atom. The molecule has 0 aliphatic rings. The number of rotatable bonds is 3. The van der Waals surface area contributed by atoms with E-state index in [1.165, 1.54) is 31.6 Å². The molecule has 0 aliphatic heterocycles. The normalized spacial score (nSPS) is 10.4. The Bertz CT molecular complexity index is 893. The van der Waals surface area contributed by atoms with Gasteiger partial charge in [-0.15, -0.1) is 0 Å². The van der Waals surface area contributed by atoms with Crippen molar-refractivity contribution in [1.29, 1.82) is 0 Å². The molecule has 122 valence electrons. The summed E-state index contributed by atoms with van der Waals surface area (Å²) in [4.78, 5) is 32.2. The molecule has 3 rings (SSSR count). The smallest absolute Gasteiger partial charge is 0.430 e. The van der Waals surface area contributed by atoms with E-state index in [0.717, 1.165) is 0 Å². The summed E-state index contributed by atoms with van der Waals surface area (Å²) in [5, 5.41) is 9.40. The van der Waals surface area contributed by atoms with Gasteiger partial charge in [-0.2, -0.15) is 9.88 Å². The molecular formula is C15H11N3O6. The molecule has 1 aromatic carbocycles. The van der Waals surface area contributed by atoms with Crippen molar-refractivity contribution >= 4 is 29.2 Å². The van der Waals surface area contributed by atoms with Crippen molar-refractivity contribution in [3.63, 3.8) is 0 Å². The van der Waals surface area contributed by atoms with Crippen LogP contribution in [0.5, 0.6) is 11.6 Å². The molecule has 0 bridgehead atoms. The molecular weight excluding hydrogens is 318 g/mol. The number of hydrogen-bond donors (Lipinski definition) is 1. The molecule has 2 amide bonds. The van der Waals surface area contributed by atoms with Gasteiger partial charge in [0.1, 0.15) is 11.3 Å². The summed E-state index contributed by atoms with van der Waals surface area (Å²) in [6.45, 7) is 0. The number of aromatic nitrogens is 2. The van der Waals surface area contributed by atoms with Gasteiger partial charge in [0.05, 0.1) is 13.4 Å². The number of methoxy groups -OCH3 is 1. The summed E-state index contributed by atoms with van der Waals surface area (Å²) in [7, 11) is 1.27. The van der Waals surface area contributed by atoms with Crippen molar-refractivity contribution in [2.24, 2.45) is 0 Å². The first-order valence-electron chi connectivity index (χ1n) is 6.69. The van der Waals surface area contributed by atoms with Crippen LogP contribution in [-0.2, 0) is 0 Å². The van der Waals surface area contributed by atoms with E-state index in [0.29, 0.717) is 4.90 Å². The lowest BCUT2D eigenvalue weighted by Crippen LogP contribution is -2.39. The van der Waals surface area contributed by atoms with Gasteiger partial charge in [-0.25, -0.2) is 14.6 Å². The number of furan rings is 1. The highest BCUT2D eigenvalue weighted by atomic mass is 16.6. The maximum atomic E-state index is 12.3. The minimum Gasteiger partial charge on any atom is -0.478 e. The highest BCUT2D eigenvalue weighted by Gasteiger charge is 2.31. The van der Waals surface area contributed by atoms with E-state index >= 15 is 0 Å². The summed E-state index contributed by atoms with van der Waals surface area (Å²) in [5.41, 5.74) is 0.418. The van der Waals surface area contributed by atoms with E-state index < -0.39 is 12.2 Å². The van der Waals surface area contributed by atoms with Gasteiger partial charge in [-0.1, -0.05) is 18.2 Å².